The molecule has 0 fully saturated rings. The van der Waals surface area contributed by atoms with Crippen LogP contribution in [0.1, 0.15) is 4.88 Å². The zero-order chi connectivity index (χ0) is 19.6. The van der Waals surface area contributed by atoms with Gasteiger partial charge in [0, 0.05) is 29.6 Å². The predicted octanol–water partition coefficient (Wildman–Crippen LogP) is 6.55. The summed E-state index contributed by atoms with van der Waals surface area (Å²) in [7, 11) is 1.39. The van der Waals surface area contributed by atoms with Crippen molar-refractivity contribution in [2.45, 2.75) is 6.18 Å². The Hall–Kier alpha value is -2.52. The Balaban J connectivity index is 1.84. The van der Waals surface area contributed by atoms with E-state index in [4.69, 9.17) is 25.8 Å². The fourth-order valence-corrected chi connectivity index (χ4v) is 2.83. The fourth-order valence-electron chi connectivity index (χ4n) is 1.98. The number of halogens is 5. The molecule has 0 saturated heterocycles. The van der Waals surface area contributed by atoms with Crippen molar-refractivity contribution in [1.82, 2.24) is 4.98 Å². The van der Waals surface area contributed by atoms with E-state index < -0.39 is 16.9 Å². The van der Waals surface area contributed by atoms with Gasteiger partial charge in [-0.2, -0.15) is 18.2 Å². The Labute approximate surface area is 159 Å². The Morgan fingerprint density at radius 3 is 2.19 bits per heavy atom. The molecule has 2 heterocycles. The molecule has 142 valence electrons. The van der Waals surface area contributed by atoms with Gasteiger partial charge in [-0.15, -0.1) is 11.3 Å². The van der Waals surface area contributed by atoms with Crippen LogP contribution in [0.15, 0.2) is 41.8 Å². The van der Waals surface area contributed by atoms with E-state index >= 15 is 0 Å². The Bertz CT molecular complexity index is 962. The average molecular weight is 420 g/mol. The number of alkyl halides is 3. The van der Waals surface area contributed by atoms with E-state index in [1.165, 1.54) is 36.8 Å². The average Bonchev–Trinajstić information content (AvgIpc) is 3.07. The molecule has 0 spiro atoms. The topological polar surface area (TPSA) is 40.6 Å². The molecule has 3 rings (SSSR count). The van der Waals surface area contributed by atoms with Crippen LogP contribution in [-0.4, -0.2) is 12.1 Å². The highest BCUT2D eigenvalue weighted by molar-refractivity contribution is 7.10. The standard InChI is InChI=1S/C17H10ClF4NO3S/c1-24-10-6-15(25-9-2-3-13(19)12(18)4-9)23-16(7-10)26-11-5-14(27-8-11)17(20,21)22/h2-8H,1H3. The lowest BCUT2D eigenvalue weighted by Gasteiger charge is -2.10. The van der Waals surface area contributed by atoms with Gasteiger partial charge in [-0.1, -0.05) is 11.6 Å². The molecule has 3 aromatic rings. The van der Waals surface area contributed by atoms with Crippen molar-refractivity contribution in [2.24, 2.45) is 0 Å². The van der Waals surface area contributed by atoms with Crippen LogP contribution in [0, 0.1) is 5.82 Å². The van der Waals surface area contributed by atoms with Crippen molar-refractivity contribution in [3.05, 3.63) is 57.5 Å². The number of pyridine rings is 1. The third kappa shape index (κ3) is 4.81. The number of ether oxygens (including phenoxy) is 3. The first-order chi connectivity index (χ1) is 12.7. The lowest BCUT2D eigenvalue weighted by Crippen LogP contribution is -2.00. The Morgan fingerprint density at radius 1 is 0.963 bits per heavy atom. The second-order valence-electron chi connectivity index (χ2n) is 5.11. The van der Waals surface area contributed by atoms with Gasteiger partial charge in [0.15, 0.2) is 0 Å². The zero-order valence-corrected chi connectivity index (χ0v) is 15.1. The molecular formula is C17H10ClF4NO3S. The van der Waals surface area contributed by atoms with E-state index in [9.17, 15) is 17.6 Å². The van der Waals surface area contributed by atoms with Crippen LogP contribution in [0.2, 0.25) is 5.02 Å². The first-order valence-corrected chi connectivity index (χ1v) is 8.53. The Morgan fingerprint density at radius 2 is 1.63 bits per heavy atom. The van der Waals surface area contributed by atoms with Crippen molar-refractivity contribution >= 4 is 22.9 Å². The van der Waals surface area contributed by atoms with Crippen LogP contribution in [0.5, 0.6) is 29.0 Å². The summed E-state index contributed by atoms with van der Waals surface area (Å²) in [5.74, 6) is -0.131. The summed E-state index contributed by atoms with van der Waals surface area (Å²) in [6.45, 7) is 0. The minimum Gasteiger partial charge on any atom is -0.496 e. The summed E-state index contributed by atoms with van der Waals surface area (Å²) in [5.41, 5.74) is 0. The zero-order valence-electron chi connectivity index (χ0n) is 13.5. The molecule has 2 aromatic heterocycles. The van der Waals surface area contributed by atoms with Crippen LogP contribution in [0.3, 0.4) is 0 Å². The van der Waals surface area contributed by atoms with Crippen molar-refractivity contribution in [2.75, 3.05) is 7.11 Å². The molecule has 0 bridgehead atoms. The van der Waals surface area contributed by atoms with E-state index in [1.54, 1.807) is 0 Å². The Kier molecular flexibility index (Phi) is 5.43. The van der Waals surface area contributed by atoms with E-state index in [1.807, 2.05) is 0 Å². The third-order valence-corrected chi connectivity index (χ3v) is 4.42. The molecule has 0 radical (unpaired) electrons. The first-order valence-electron chi connectivity index (χ1n) is 7.27. The summed E-state index contributed by atoms with van der Waals surface area (Å²) in [6, 6.07) is 7.41. The van der Waals surface area contributed by atoms with Crippen LogP contribution >= 0.6 is 22.9 Å². The molecule has 0 N–H and O–H groups in total. The number of hydrogen-bond donors (Lipinski definition) is 0. The molecule has 0 saturated carbocycles. The van der Waals surface area contributed by atoms with Gasteiger partial charge in [0.25, 0.3) is 0 Å². The van der Waals surface area contributed by atoms with Crippen LogP contribution in [-0.2, 0) is 6.18 Å². The van der Waals surface area contributed by atoms with Gasteiger partial charge in [-0.05, 0) is 12.1 Å². The molecule has 1 aromatic carbocycles. The third-order valence-electron chi connectivity index (χ3n) is 3.18. The first kappa shape index (κ1) is 19.2. The molecule has 0 aliphatic carbocycles. The summed E-state index contributed by atoms with van der Waals surface area (Å²) in [5, 5.41) is 1.08. The summed E-state index contributed by atoms with van der Waals surface area (Å²) < 4.78 is 67.3. The quantitative estimate of drug-likeness (QED) is 0.440. The van der Waals surface area contributed by atoms with Gasteiger partial charge >= 0.3 is 6.18 Å². The lowest BCUT2D eigenvalue weighted by atomic mass is 10.3. The van der Waals surface area contributed by atoms with Crippen LogP contribution in [0.25, 0.3) is 0 Å². The molecule has 27 heavy (non-hydrogen) atoms. The molecular weight excluding hydrogens is 410 g/mol. The number of rotatable bonds is 5. The highest BCUT2D eigenvalue weighted by Gasteiger charge is 2.32. The number of methoxy groups -OCH3 is 1. The minimum absolute atomic E-state index is 0.0242. The van der Waals surface area contributed by atoms with Gasteiger partial charge in [0.05, 0.1) is 12.1 Å². The van der Waals surface area contributed by atoms with Crippen LogP contribution < -0.4 is 14.2 Å². The highest BCUT2D eigenvalue weighted by atomic mass is 35.5. The van der Waals surface area contributed by atoms with Crippen molar-refractivity contribution < 1.29 is 31.8 Å². The largest absolute Gasteiger partial charge is 0.496 e. The number of benzene rings is 1. The molecule has 0 amide bonds. The van der Waals surface area contributed by atoms with E-state index in [0.717, 1.165) is 12.1 Å². The highest BCUT2D eigenvalue weighted by Crippen LogP contribution is 2.38. The maximum atomic E-state index is 13.2. The van der Waals surface area contributed by atoms with Crippen molar-refractivity contribution in [3.8, 4) is 29.0 Å². The van der Waals surface area contributed by atoms with E-state index in [2.05, 4.69) is 4.98 Å². The normalized spacial score (nSPS) is 11.3. The predicted molar refractivity (Wildman–Crippen MR) is 91.7 cm³/mol. The second-order valence-corrected chi connectivity index (χ2v) is 6.43. The number of nitrogens with zero attached hydrogens (tertiary/aromatic N) is 1. The van der Waals surface area contributed by atoms with Gasteiger partial charge in [0.2, 0.25) is 11.8 Å². The SMILES string of the molecule is COc1cc(Oc2csc(C(F)(F)F)c2)nc(Oc2ccc(F)c(Cl)c2)c1. The van der Waals surface area contributed by atoms with Crippen molar-refractivity contribution in [1.29, 1.82) is 0 Å². The lowest BCUT2D eigenvalue weighted by molar-refractivity contribution is -0.134. The van der Waals surface area contributed by atoms with Crippen LogP contribution in [0.4, 0.5) is 17.6 Å². The summed E-state index contributed by atoms with van der Waals surface area (Å²) >= 11 is 6.21. The van der Waals surface area contributed by atoms with E-state index in [0.29, 0.717) is 17.1 Å². The molecule has 0 aliphatic heterocycles. The monoisotopic (exact) mass is 419 g/mol. The maximum absolute atomic E-state index is 13.2. The smallest absolute Gasteiger partial charge is 0.425 e. The molecule has 4 nitrogen and oxygen atoms in total. The number of thiophene rings is 1. The molecule has 0 atom stereocenters. The summed E-state index contributed by atoms with van der Waals surface area (Å²) in [4.78, 5) is 3.26. The summed E-state index contributed by atoms with van der Waals surface area (Å²) in [6.07, 6.45) is -4.45. The van der Waals surface area contributed by atoms with Gasteiger partial charge < -0.3 is 14.2 Å². The van der Waals surface area contributed by atoms with Gasteiger partial charge in [0.1, 0.15) is 27.9 Å². The van der Waals surface area contributed by atoms with E-state index in [-0.39, 0.29) is 28.3 Å². The maximum Gasteiger partial charge on any atom is 0.425 e. The molecule has 0 aliphatic rings. The van der Waals surface area contributed by atoms with Gasteiger partial charge in [-0.25, -0.2) is 4.39 Å². The van der Waals surface area contributed by atoms with Gasteiger partial charge in [-0.3, -0.25) is 0 Å². The minimum atomic E-state index is -4.45. The molecule has 10 heteroatoms. The molecule has 0 unspecified atom stereocenters. The number of aromatic nitrogens is 1. The second kappa shape index (κ2) is 7.61. The fraction of sp³-hybridized carbons (Fsp3) is 0.118. The number of hydrogen-bond acceptors (Lipinski definition) is 5. The van der Waals surface area contributed by atoms with Crippen molar-refractivity contribution in [3.63, 3.8) is 0 Å².